The molecule has 0 bridgehead atoms. The van der Waals surface area contributed by atoms with Crippen LogP contribution in [0.15, 0.2) is 48.5 Å². The minimum atomic E-state index is -0.157. The quantitative estimate of drug-likeness (QED) is 0.897. The summed E-state index contributed by atoms with van der Waals surface area (Å²) in [7, 11) is 1.70. The smallest absolute Gasteiger partial charge is 0.241 e. The summed E-state index contributed by atoms with van der Waals surface area (Å²) in [6, 6.07) is 15.8. The molecule has 138 valence electrons. The second-order valence-corrected chi connectivity index (χ2v) is 6.73. The zero-order valence-corrected chi connectivity index (χ0v) is 15.7. The number of nitrogens with zero attached hydrogens (tertiary/aromatic N) is 2. The monoisotopic (exact) mass is 353 g/mol. The number of amides is 1. The average Bonchev–Trinajstić information content (AvgIpc) is 2.67. The highest BCUT2D eigenvalue weighted by Gasteiger charge is 2.26. The third-order valence-corrected chi connectivity index (χ3v) is 4.95. The number of ether oxygens (including phenoxy) is 1. The van der Waals surface area contributed by atoms with Crippen molar-refractivity contribution in [3.8, 4) is 5.75 Å². The van der Waals surface area contributed by atoms with E-state index in [1.165, 1.54) is 0 Å². The van der Waals surface area contributed by atoms with Gasteiger partial charge in [-0.25, -0.2) is 0 Å². The lowest BCUT2D eigenvalue weighted by molar-refractivity contribution is -0.120. The van der Waals surface area contributed by atoms with Gasteiger partial charge in [0.05, 0.1) is 18.8 Å². The second-order valence-electron chi connectivity index (χ2n) is 6.73. The van der Waals surface area contributed by atoms with E-state index < -0.39 is 0 Å². The number of carbonyl (C=O) groups excluding carboxylic acids is 1. The van der Waals surface area contributed by atoms with Gasteiger partial charge in [-0.1, -0.05) is 24.3 Å². The third-order valence-electron chi connectivity index (χ3n) is 4.95. The van der Waals surface area contributed by atoms with Crippen LogP contribution in [-0.2, 0) is 4.79 Å². The number of methoxy groups -OCH3 is 1. The summed E-state index contributed by atoms with van der Waals surface area (Å²) in [6.45, 7) is 7.45. The summed E-state index contributed by atoms with van der Waals surface area (Å²) in [5.74, 6) is 0.938. The van der Waals surface area contributed by atoms with Gasteiger partial charge in [0.1, 0.15) is 5.75 Å². The Labute approximate surface area is 155 Å². The van der Waals surface area contributed by atoms with Crippen LogP contribution in [-0.4, -0.2) is 50.1 Å². The van der Waals surface area contributed by atoms with Crippen molar-refractivity contribution in [1.29, 1.82) is 0 Å². The minimum absolute atomic E-state index is 0.0429. The molecule has 1 atom stereocenters. The summed E-state index contributed by atoms with van der Waals surface area (Å²) < 4.78 is 5.47. The highest BCUT2D eigenvalue weighted by Crippen LogP contribution is 2.28. The Morgan fingerprint density at radius 3 is 2.50 bits per heavy atom. The molecule has 5 heteroatoms. The molecular formula is C21H27N3O2. The number of carbonyl (C=O) groups is 1. The number of piperazine rings is 1. The lowest BCUT2D eigenvalue weighted by Gasteiger charge is -2.38. The zero-order valence-electron chi connectivity index (χ0n) is 15.7. The first kappa shape index (κ1) is 18.3. The number of hydrogen-bond acceptors (Lipinski definition) is 4. The van der Waals surface area contributed by atoms with Gasteiger partial charge in [-0.3, -0.25) is 9.69 Å². The van der Waals surface area contributed by atoms with E-state index in [9.17, 15) is 4.79 Å². The topological polar surface area (TPSA) is 44.8 Å². The number of aryl methyl sites for hydroxylation is 1. The normalized spacial score (nSPS) is 16.2. The van der Waals surface area contributed by atoms with Gasteiger partial charge in [0.25, 0.3) is 0 Å². The van der Waals surface area contributed by atoms with Gasteiger partial charge in [-0.05, 0) is 43.7 Å². The fourth-order valence-electron chi connectivity index (χ4n) is 3.38. The predicted molar refractivity (Wildman–Crippen MR) is 106 cm³/mol. The molecule has 2 aromatic rings. The minimum Gasteiger partial charge on any atom is -0.495 e. The number of para-hydroxylation sites is 2. The Hall–Kier alpha value is -2.53. The molecule has 3 rings (SSSR count). The molecule has 2 aromatic carbocycles. The summed E-state index contributed by atoms with van der Waals surface area (Å²) in [6.07, 6.45) is 0. The summed E-state index contributed by atoms with van der Waals surface area (Å²) >= 11 is 0. The molecule has 0 spiro atoms. The predicted octanol–water partition coefficient (Wildman–Crippen LogP) is 3.15. The molecular weight excluding hydrogens is 326 g/mol. The van der Waals surface area contributed by atoms with Crippen molar-refractivity contribution in [2.24, 2.45) is 0 Å². The summed E-state index contributed by atoms with van der Waals surface area (Å²) in [5, 5.41) is 3.03. The van der Waals surface area contributed by atoms with Crippen LogP contribution in [0.4, 0.5) is 11.4 Å². The van der Waals surface area contributed by atoms with Crippen molar-refractivity contribution in [3.63, 3.8) is 0 Å². The van der Waals surface area contributed by atoms with Crippen molar-refractivity contribution in [1.82, 2.24) is 4.90 Å². The Kier molecular flexibility index (Phi) is 5.78. The first-order chi connectivity index (χ1) is 12.6. The van der Waals surface area contributed by atoms with Crippen LogP contribution >= 0.6 is 0 Å². The largest absolute Gasteiger partial charge is 0.495 e. The zero-order chi connectivity index (χ0) is 18.5. The van der Waals surface area contributed by atoms with Gasteiger partial charge in [0, 0.05) is 31.9 Å². The standard InChI is InChI=1S/C21H27N3O2/c1-16-7-6-8-18(15-16)22-21(25)17(2)23-11-13-24(14-12-23)19-9-4-5-10-20(19)26-3/h4-10,15,17H,11-14H2,1-3H3,(H,22,25)/t17-/m0/s1. The van der Waals surface area contributed by atoms with Gasteiger partial charge in [0.15, 0.2) is 0 Å². The number of anilines is 2. The maximum Gasteiger partial charge on any atom is 0.241 e. The van der Waals surface area contributed by atoms with E-state index in [4.69, 9.17) is 4.74 Å². The fourth-order valence-corrected chi connectivity index (χ4v) is 3.38. The van der Waals surface area contributed by atoms with Crippen LogP contribution in [0.2, 0.25) is 0 Å². The maximum atomic E-state index is 12.6. The first-order valence-corrected chi connectivity index (χ1v) is 9.08. The Balaban J connectivity index is 1.58. The molecule has 0 aliphatic carbocycles. The van der Waals surface area contributed by atoms with Crippen molar-refractivity contribution < 1.29 is 9.53 Å². The van der Waals surface area contributed by atoms with E-state index in [2.05, 4.69) is 21.2 Å². The van der Waals surface area contributed by atoms with Gasteiger partial charge < -0.3 is 15.0 Å². The molecule has 5 nitrogen and oxygen atoms in total. The first-order valence-electron chi connectivity index (χ1n) is 9.08. The molecule has 1 saturated heterocycles. The molecule has 0 aromatic heterocycles. The van der Waals surface area contributed by atoms with Crippen LogP contribution in [0.3, 0.4) is 0 Å². The van der Waals surface area contributed by atoms with Crippen LogP contribution in [0.5, 0.6) is 5.75 Å². The van der Waals surface area contributed by atoms with Gasteiger partial charge in [0.2, 0.25) is 5.91 Å². The van der Waals surface area contributed by atoms with E-state index >= 15 is 0 Å². The van der Waals surface area contributed by atoms with Crippen molar-refractivity contribution in [3.05, 3.63) is 54.1 Å². The van der Waals surface area contributed by atoms with E-state index in [-0.39, 0.29) is 11.9 Å². The summed E-state index contributed by atoms with van der Waals surface area (Å²) in [5.41, 5.74) is 3.11. The van der Waals surface area contributed by atoms with Crippen LogP contribution in [0, 0.1) is 6.92 Å². The molecule has 1 N–H and O–H groups in total. The van der Waals surface area contributed by atoms with E-state index in [0.29, 0.717) is 0 Å². The Morgan fingerprint density at radius 2 is 1.81 bits per heavy atom. The molecule has 0 unspecified atom stereocenters. The van der Waals surface area contributed by atoms with Crippen LogP contribution < -0.4 is 15.0 Å². The van der Waals surface area contributed by atoms with Crippen LogP contribution in [0.25, 0.3) is 0 Å². The lowest BCUT2D eigenvalue weighted by atomic mass is 10.1. The van der Waals surface area contributed by atoms with E-state index in [0.717, 1.165) is 48.9 Å². The Bertz CT molecular complexity index is 754. The molecule has 1 aliphatic heterocycles. The SMILES string of the molecule is COc1ccccc1N1CCN([C@@H](C)C(=O)Nc2cccc(C)c2)CC1. The molecule has 1 heterocycles. The third kappa shape index (κ3) is 4.17. The molecule has 1 amide bonds. The van der Waals surface area contributed by atoms with Gasteiger partial charge in [-0.2, -0.15) is 0 Å². The second kappa shape index (κ2) is 8.23. The maximum absolute atomic E-state index is 12.6. The Morgan fingerprint density at radius 1 is 1.08 bits per heavy atom. The highest BCUT2D eigenvalue weighted by molar-refractivity contribution is 5.94. The van der Waals surface area contributed by atoms with Crippen molar-refractivity contribution in [2.45, 2.75) is 19.9 Å². The number of benzene rings is 2. The highest BCUT2D eigenvalue weighted by atomic mass is 16.5. The number of nitrogens with one attached hydrogen (secondary N) is 1. The van der Waals surface area contributed by atoms with E-state index in [1.54, 1.807) is 7.11 Å². The van der Waals surface area contributed by atoms with Crippen molar-refractivity contribution in [2.75, 3.05) is 43.5 Å². The summed E-state index contributed by atoms with van der Waals surface area (Å²) in [4.78, 5) is 17.1. The number of hydrogen-bond donors (Lipinski definition) is 1. The van der Waals surface area contributed by atoms with E-state index in [1.807, 2.05) is 56.3 Å². The molecule has 0 radical (unpaired) electrons. The number of rotatable bonds is 5. The molecule has 1 fully saturated rings. The average molecular weight is 353 g/mol. The molecule has 26 heavy (non-hydrogen) atoms. The lowest BCUT2D eigenvalue weighted by Crippen LogP contribution is -2.52. The van der Waals surface area contributed by atoms with Crippen LogP contribution in [0.1, 0.15) is 12.5 Å². The van der Waals surface area contributed by atoms with Gasteiger partial charge in [-0.15, -0.1) is 0 Å². The van der Waals surface area contributed by atoms with Gasteiger partial charge >= 0.3 is 0 Å². The molecule has 1 aliphatic rings. The fraction of sp³-hybridized carbons (Fsp3) is 0.381. The molecule has 0 saturated carbocycles. The van der Waals surface area contributed by atoms with Crippen molar-refractivity contribution >= 4 is 17.3 Å².